The fourth-order valence-electron chi connectivity index (χ4n) is 1.85. The highest BCUT2D eigenvalue weighted by Gasteiger charge is 2.09. The van der Waals surface area contributed by atoms with Crippen LogP contribution in [-0.2, 0) is 6.42 Å². The molecule has 0 atom stereocenters. The lowest BCUT2D eigenvalue weighted by Gasteiger charge is -2.10. The van der Waals surface area contributed by atoms with Crippen LogP contribution in [0, 0.1) is 0 Å². The van der Waals surface area contributed by atoms with Crippen molar-refractivity contribution in [2.75, 3.05) is 0 Å². The van der Waals surface area contributed by atoms with Crippen LogP contribution in [0.5, 0.6) is 0 Å². The average molecular weight is 200 g/mol. The van der Waals surface area contributed by atoms with Gasteiger partial charge in [0.1, 0.15) is 0 Å². The van der Waals surface area contributed by atoms with Gasteiger partial charge in [0.05, 0.1) is 5.52 Å². The number of hydrogen-bond donors (Lipinski definition) is 0. The van der Waals surface area contributed by atoms with Crippen molar-refractivity contribution in [1.82, 2.24) is 9.97 Å². The Morgan fingerprint density at radius 1 is 1.27 bits per heavy atom. The highest BCUT2D eigenvalue weighted by atomic mass is 14.7. The van der Waals surface area contributed by atoms with Crippen molar-refractivity contribution in [3.8, 4) is 0 Å². The maximum absolute atomic E-state index is 4.51. The summed E-state index contributed by atoms with van der Waals surface area (Å²) >= 11 is 0. The Bertz CT molecular complexity index is 475. The molecule has 0 radical (unpaired) electrons. The fourth-order valence-corrected chi connectivity index (χ4v) is 1.85. The van der Waals surface area contributed by atoms with Crippen LogP contribution in [0.4, 0.5) is 0 Å². The second-order valence-electron chi connectivity index (χ2n) is 4.07. The number of fused-ring (bicyclic) bond motifs is 1. The van der Waals surface area contributed by atoms with Gasteiger partial charge in [0.2, 0.25) is 0 Å². The zero-order valence-electron chi connectivity index (χ0n) is 9.49. The molecule has 0 aliphatic carbocycles. The van der Waals surface area contributed by atoms with Gasteiger partial charge in [-0.25, -0.2) is 0 Å². The predicted molar refractivity (Wildman–Crippen MR) is 63.0 cm³/mol. The highest BCUT2D eigenvalue weighted by molar-refractivity contribution is 5.83. The van der Waals surface area contributed by atoms with Gasteiger partial charge in [-0.1, -0.05) is 20.8 Å². The van der Waals surface area contributed by atoms with Crippen molar-refractivity contribution < 1.29 is 0 Å². The van der Waals surface area contributed by atoms with Crippen molar-refractivity contribution in [2.45, 2.75) is 33.1 Å². The molecule has 0 amide bonds. The molecule has 0 spiro atoms. The molecule has 2 heteroatoms. The van der Waals surface area contributed by atoms with E-state index < -0.39 is 0 Å². The molecule has 0 saturated heterocycles. The lowest BCUT2D eigenvalue weighted by Crippen LogP contribution is -1.97. The molecule has 0 fully saturated rings. The summed E-state index contributed by atoms with van der Waals surface area (Å²) in [4.78, 5) is 8.98. The van der Waals surface area contributed by atoms with Gasteiger partial charge in [-0.05, 0) is 30.0 Å². The second kappa shape index (κ2) is 3.97. The first-order chi connectivity index (χ1) is 7.24. The third kappa shape index (κ3) is 1.72. The molecule has 2 aromatic heterocycles. The van der Waals surface area contributed by atoms with Gasteiger partial charge in [0, 0.05) is 23.5 Å². The largest absolute Gasteiger partial charge is 0.260 e. The molecule has 2 nitrogen and oxygen atoms in total. The smallest absolute Gasteiger partial charge is 0.0770 e. The monoisotopic (exact) mass is 200 g/mol. The summed E-state index contributed by atoms with van der Waals surface area (Å²) in [6.07, 6.45) is 4.78. The number of aryl methyl sites for hydroxylation is 1. The predicted octanol–water partition coefficient (Wildman–Crippen LogP) is 3.32. The zero-order valence-corrected chi connectivity index (χ0v) is 9.49. The zero-order chi connectivity index (χ0) is 10.8. The maximum atomic E-state index is 4.51. The molecule has 2 heterocycles. The minimum absolute atomic E-state index is 0.473. The number of hydrogen-bond acceptors (Lipinski definition) is 2. The minimum atomic E-state index is 0.473. The number of nitrogens with zero attached hydrogens (tertiary/aromatic N) is 2. The molecule has 0 saturated carbocycles. The van der Waals surface area contributed by atoms with Crippen molar-refractivity contribution >= 4 is 10.9 Å². The Balaban J connectivity index is 2.77. The van der Waals surface area contributed by atoms with Gasteiger partial charge in [0.25, 0.3) is 0 Å². The van der Waals surface area contributed by atoms with Crippen LogP contribution < -0.4 is 0 Å². The van der Waals surface area contributed by atoms with Crippen LogP contribution in [0.25, 0.3) is 10.9 Å². The van der Waals surface area contributed by atoms with E-state index >= 15 is 0 Å². The standard InChI is InChI=1S/C13H16N2/c1-4-12-10-6-5-7-14-13(10)11(8-15-12)9(2)3/h5-9H,4H2,1-3H3. The summed E-state index contributed by atoms with van der Waals surface area (Å²) in [5.74, 6) is 0.473. The van der Waals surface area contributed by atoms with Gasteiger partial charge in [-0.3, -0.25) is 9.97 Å². The number of rotatable bonds is 2. The van der Waals surface area contributed by atoms with Crippen LogP contribution in [0.1, 0.15) is 37.9 Å². The van der Waals surface area contributed by atoms with Crippen molar-refractivity contribution in [3.05, 3.63) is 35.8 Å². The third-order valence-corrected chi connectivity index (χ3v) is 2.71. The van der Waals surface area contributed by atoms with Gasteiger partial charge in [-0.2, -0.15) is 0 Å². The first-order valence-corrected chi connectivity index (χ1v) is 5.46. The summed E-state index contributed by atoms with van der Waals surface area (Å²) in [7, 11) is 0. The summed E-state index contributed by atoms with van der Waals surface area (Å²) in [5, 5.41) is 1.20. The lowest BCUT2D eigenvalue weighted by molar-refractivity contribution is 0.860. The summed E-state index contributed by atoms with van der Waals surface area (Å²) < 4.78 is 0. The van der Waals surface area contributed by atoms with Crippen LogP contribution in [0.15, 0.2) is 24.5 Å². The molecule has 0 aliphatic heterocycles. The summed E-state index contributed by atoms with van der Waals surface area (Å²) in [5.41, 5.74) is 3.49. The van der Waals surface area contributed by atoms with Gasteiger partial charge >= 0.3 is 0 Å². The van der Waals surface area contributed by atoms with Crippen LogP contribution in [0.3, 0.4) is 0 Å². The first-order valence-electron chi connectivity index (χ1n) is 5.46. The van der Waals surface area contributed by atoms with E-state index in [4.69, 9.17) is 0 Å². The van der Waals surface area contributed by atoms with Gasteiger partial charge in [0.15, 0.2) is 0 Å². The van der Waals surface area contributed by atoms with E-state index in [1.54, 1.807) is 0 Å². The number of aromatic nitrogens is 2. The van der Waals surface area contributed by atoms with E-state index in [1.165, 1.54) is 10.9 Å². The molecule has 2 rings (SSSR count). The molecular formula is C13H16N2. The van der Waals surface area contributed by atoms with Crippen molar-refractivity contribution in [2.24, 2.45) is 0 Å². The molecular weight excluding hydrogens is 184 g/mol. The van der Waals surface area contributed by atoms with Crippen molar-refractivity contribution in [3.63, 3.8) is 0 Å². The SMILES string of the molecule is CCc1ncc(C(C)C)c2ncccc12. The van der Waals surface area contributed by atoms with Crippen LogP contribution >= 0.6 is 0 Å². The van der Waals surface area contributed by atoms with Gasteiger partial charge < -0.3 is 0 Å². The first kappa shape index (κ1) is 10.1. The maximum Gasteiger partial charge on any atom is 0.0770 e. The highest BCUT2D eigenvalue weighted by Crippen LogP contribution is 2.24. The topological polar surface area (TPSA) is 25.8 Å². The molecule has 0 unspecified atom stereocenters. The Hall–Kier alpha value is -1.44. The molecule has 0 N–H and O–H groups in total. The normalized spacial score (nSPS) is 11.2. The molecule has 0 aromatic carbocycles. The van der Waals surface area contributed by atoms with E-state index in [0.29, 0.717) is 5.92 Å². The molecule has 2 aromatic rings. The quantitative estimate of drug-likeness (QED) is 0.743. The number of pyridine rings is 2. The van der Waals surface area contributed by atoms with E-state index in [-0.39, 0.29) is 0 Å². The molecule has 15 heavy (non-hydrogen) atoms. The third-order valence-electron chi connectivity index (χ3n) is 2.71. The molecule has 78 valence electrons. The van der Waals surface area contributed by atoms with E-state index in [1.807, 2.05) is 18.5 Å². The van der Waals surface area contributed by atoms with Crippen LogP contribution in [-0.4, -0.2) is 9.97 Å². The molecule has 0 bridgehead atoms. The Labute approximate surface area is 90.4 Å². The Morgan fingerprint density at radius 2 is 2.07 bits per heavy atom. The Morgan fingerprint density at radius 3 is 2.73 bits per heavy atom. The van der Waals surface area contributed by atoms with E-state index in [9.17, 15) is 0 Å². The summed E-state index contributed by atoms with van der Waals surface area (Å²) in [6, 6.07) is 4.09. The average Bonchev–Trinajstić information content (AvgIpc) is 2.27. The summed E-state index contributed by atoms with van der Waals surface area (Å²) in [6.45, 7) is 6.48. The van der Waals surface area contributed by atoms with E-state index in [2.05, 4.69) is 36.8 Å². The Kier molecular flexibility index (Phi) is 2.67. The minimum Gasteiger partial charge on any atom is -0.260 e. The lowest BCUT2D eigenvalue weighted by atomic mass is 10.0. The molecule has 0 aliphatic rings. The fraction of sp³-hybridized carbons (Fsp3) is 0.385. The van der Waals surface area contributed by atoms with E-state index in [0.717, 1.165) is 17.6 Å². The van der Waals surface area contributed by atoms with Crippen LogP contribution in [0.2, 0.25) is 0 Å². The second-order valence-corrected chi connectivity index (χ2v) is 4.07. The van der Waals surface area contributed by atoms with Crippen molar-refractivity contribution in [1.29, 1.82) is 0 Å². The van der Waals surface area contributed by atoms with Gasteiger partial charge in [-0.15, -0.1) is 0 Å².